The van der Waals surface area contributed by atoms with E-state index in [4.69, 9.17) is 14.2 Å². The topological polar surface area (TPSA) is 31.0 Å². The first-order valence-corrected chi connectivity index (χ1v) is 6.03. The lowest BCUT2D eigenvalue weighted by atomic mass is 10.1. The average Bonchev–Trinajstić information content (AvgIpc) is 3.12. The van der Waals surface area contributed by atoms with Crippen LogP contribution >= 0.6 is 0 Å². The summed E-state index contributed by atoms with van der Waals surface area (Å²) in [6.07, 6.45) is 0.319. The predicted octanol–water partition coefficient (Wildman–Crippen LogP) is 2.40. The highest BCUT2D eigenvalue weighted by atomic mass is 16.6. The van der Waals surface area contributed by atoms with Crippen LogP contribution in [0.25, 0.3) is 0 Å². The zero-order valence-electron chi connectivity index (χ0n) is 10.5. The SMILES string of the molecule is CC(C)(COCC1CO1)OCc1ccccc1. The number of hydrogen-bond donors (Lipinski definition) is 0. The summed E-state index contributed by atoms with van der Waals surface area (Å²) in [6.45, 7) is 6.83. The van der Waals surface area contributed by atoms with Crippen molar-refractivity contribution in [2.75, 3.05) is 19.8 Å². The van der Waals surface area contributed by atoms with Crippen LogP contribution < -0.4 is 0 Å². The molecule has 0 saturated carbocycles. The van der Waals surface area contributed by atoms with E-state index in [9.17, 15) is 0 Å². The van der Waals surface area contributed by atoms with Crippen molar-refractivity contribution in [3.63, 3.8) is 0 Å². The molecule has 17 heavy (non-hydrogen) atoms. The van der Waals surface area contributed by atoms with Crippen LogP contribution in [0.1, 0.15) is 19.4 Å². The van der Waals surface area contributed by atoms with Gasteiger partial charge in [0.05, 0.1) is 32.0 Å². The highest BCUT2D eigenvalue weighted by molar-refractivity contribution is 5.13. The van der Waals surface area contributed by atoms with Crippen molar-refractivity contribution in [1.82, 2.24) is 0 Å². The molecule has 0 spiro atoms. The van der Waals surface area contributed by atoms with E-state index in [0.29, 0.717) is 25.9 Å². The second-order valence-electron chi connectivity index (χ2n) is 5.00. The third-order valence-corrected chi connectivity index (χ3v) is 2.63. The Bertz CT molecular complexity index is 331. The van der Waals surface area contributed by atoms with Crippen LogP contribution in [0.4, 0.5) is 0 Å². The van der Waals surface area contributed by atoms with Crippen LogP contribution in [0, 0.1) is 0 Å². The molecule has 1 aromatic carbocycles. The molecule has 0 N–H and O–H groups in total. The standard InChI is InChI=1S/C14H20O3/c1-14(2,11-15-9-13-10-16-13)17-8-12-6-4-3-5-7-12/h3-7,13H,8-11H2,1-2H3. The lowest BCUT2D eigenvalue weighted by Gasteiger charge is -2.25. The fourth-order valence-electron chi connectivity index (χ4n) is 1.50. The minimum atomic E-state index is -0.259. The van der Waals surface area contributed by atoms with Gasteiger partial charge in [-0.05, 0) is 19.4 Å². The van der Waals surface area contributed by atoms with Crippen LogP contribution in [-0.4, -0.2) is 31.5 Å². The lowest BCUT2D eigenvalue weighted by molar-refractivity contribution is -0.0849. The van der Waals surface area contributed by atoms with Crippen LogP contribution in [-0.2, 0) is 20.8 Å². The summed E-state index contributed by atoms with van der Waals surface area (Å²) in [6, 6.07) is 10.2. The second kappa shape index (κ2) is 5.63. The van der Waals surface area contributed by atoms with E-state index in [0.717, 1.165) is 6.61 Å². The van der Waals surface area contributed by atoms with Gasteiger partial charge in [-0.1, -0.05) is 30.3 Å². The number of rotatable bonds is 7. The zero-order valence-corrected chi connectivity index (χ0v) is 10.5. The molecule has 0 aliphatic carbocycles. The van der Waals surface area contributed by atoms with Crippen LogP contribution in [0.3, 0.4) is 0 Å². The number of hydrogen-bond acceptors (Lipinski definition) is 3. The van der Waals surface area contributed by atoms with E-state index >= 15 is 0 Å². The molecule has 1 atom stereocenters. The molecular weight excluding hydrogens is 216 g/mol. The molecular formula is C14H20O3. The van der Waals surface area contributed by atoms with Gasteiger partial charge in [0.2, 0.25) is 0 Å². The molecule has 1 fully saturated rings. The van der Waals surface area contributed by atoms with Gasteiger partial charge in [-0.2, -0.15) is 0 Å². The maximum Gasteiger partial charge on any atom is 0.104 e. The Labute approximate surface area is 103 Å². The molecule has 1 aromatic rings. The minimum Gasteiger partial charge on any atom is -0.376 e. The first-order chi connectivity index (χ1) is 8.16. The monoisotopic (exact) mass is 236 g/mol. The van der Waals surface area contributed by atoms with E-state index in [1.165, 1.54) is 5.56 Å². The summed E-state index contributed by atoms with van der Waals surface area (Å²) in [4.78, 5) is 0. The van der Waals surface area contributed by atoms with Gasteiger partial charge in [0.1, 0.15) is 6.10 Å². The summed E-state index contributed by atoms with van der Waals surface area (Å²) in [5, 5.41) is 0. The highest BCUT2D eigenvalue weighted by Crippen LogP contribution is 2.15. The molecule has 3 nitrogen and oxygen atoms in total. The maximum absolute atomic E-state index is 5.85. The summed E-state index contributed by atoms with van der Waals surface area (Å²) >= 11 is 0. The van der Waals surface area contributed by atoms with Gasteiger partial charge in [0.15, 0.2) is 0 Å². The fourth-order valence-corrected chi connectivity index (χ4v) is 1.50. The lowest BCUT2D eigenvalue weighted by Crippen LogP contribution is -2.31. The third kappa shape index (κ3) is 4.86. The largest absolute Gasteiger partial charge is 0.376 e. The van der Waals surface area contributed by atoms with Crippen LogP contribution in [0.2, 0.25) is 0 Å². The van der Waals surface area contributed by atoms with E-state index in [-0.39, 0.29) is 5.60 Å². The van der Waals surface area contributed by atoms with Gasteiger partial charge in [0.25, 0.3) is 0 Å². The van der Waals surface area contributed by atoms with E-state index < -0.39 is 0 Å². The second-order valence-corrected chi connectivity index (χ2v) is 5.00. The number of benzene rings is 1. The van der Waals surface area contributed by atoms with E-state index in [1.807, 2.05) is 32.0 Å². The molecule has 2 rings (SSSR count). The smallest absolute Gasteiger partial charge is 0.104 e. The van der Waals surface area contributed by atoms with Gasteiger partial charge >= 0.3 is 0 Å². The van der Waals surface area contributed by atoms with Crippen molar-refractivity contribution < 1.29 is 14.2 Å². The Morgan fingerprint density at radius 1 is 1.29 bits per heavy atom. The summed E-state index contributed by atoms with van der Waals surface area (Å²) in [5.41, 5.74) is 0.927. The Morgan fingerprint density at radius 2 is 2.00 bits per heavy atom. The van der Waals surface area contributed by atoms with Gasteiger partial charge in [0, 0.05) is 0 Å². The van der Waals surface area contributed by atoms with Gasteiger partial charge in [-0.25, -0.2) is 0 Å². The molecule has 1 heterocycles. The molecule has 1 aliphatic rings. The van der Waals surface area contributed by atoms with Crippen LogP contribution in [0.15, 0.2) is 30.3 Å². The molecule has 3 heteroatoms. The Hall–Kier alpha value is -0.900. The minimum absolute atomic E-state index is 0.259. The molecule has 1 unspecified atom stereocenters. The van der Waals surface area contributed by atoms with E-state index in [2.05, 4.69) is 12.1 Å². The van der Waals surface area contributed by atoms with E-state index in [1.54, 1.807) is 0 Å². The molecule has 0 aromatic heterocycles. The van der Waals surface area contributed by atoms with Crippen molar-refractivity contribution in [2.24, 2.45) is 0 Å². The Morgan fingerprint density at radius 3 is 2.65 bits per heavy atom. The molecule has 1 saturated heterocycles. The first kappa shape index (κ1) is 12.6. The Balaban J connectivity index is 1.68. The molecule has 0 radical (unpaired) electrons. The number of epoxide rings is 1. The average molecular weight is 236 g/mol. The normalized spacial score (nSPS) is 19.3. The molecule has 1 aliphatic heterocycles. The van der Waals surface area contributed by atoms with Gasteiger partial charge in [-0.15, -0.1) is 0 Å². The molecule has 0 amide bonds. The fraction of sp³-hybridized carbons (Fsp3) is 0.571. The zero-order chi connectivity index (χ0) is 12.1. The van der Waals surface area contributed by atoms with Crippen LogP contribution in [0.5, 0.6) is 0 Å². The predicted molar refractivity (Wildman–Crippen MR) is 65.9 cm³/mol. The number of ether oxygens (including phenoxy) is 3. The Kier molecular flexibility index (Phi) is 4.15. The summed E-state index contributed by atoms with van der Waals surface area (Å²) in [7, 11) is 0. The molecule has 94 valence electrons. The van der Waals surface area contributed by atoms with Gasteiger partial charge in [-0.3, -0.25) is 0 Å². The van der Waals surface area contributed by atoms with Crippen molar-refractivity contribution >= 4 is 0 Å². The van der Waals surface area contributed by atoms with Crippen molar-refractivity contribution in [1.29, 1.82) is 0 Å². The third-order valence-electron chi connectivity index (χ3n) is 2.63. The quantitative estimate of drug-likeness (QED) is 0.681. The van der Waals surface area contributed by atoms with Gasteiger partial charge < -0.3 is 14.2 Å². The van der Waals surface area contributed by atoms with Crippen molar-refractivity contribution in [3.05, 3.63) is 35.9 Å². The first-order valence-electron chi connectivity index (χ1n) is 6.03. The van der Waals surface area contributed by atoms with Crippen molar-refractivity contribution in [3.8, 4) is 0 Å². The summed E-state index contributed by atoms with van der Waals surface area (Å²) < 4.78 is 16.5. The van der Waals surface area contributed by atoms with Crippen molar-refractivity contribution in [2.45, 2.75) is 32.2 Å². The summed E-state index contributed by atoms with van der Waals surface area (Å²) in [5.74, 6) is 0. The highest BCUT2D eigenvalue weighted by Gasteiger charge is 2.25. The maximum atomic E-state index is 5.85. The molecule has 0 bridgehead atoms.